The number of guanidine groups is 1. The van der Waals surface area contributed by atoms with Crippen molar-refractivity contribution >= 4 is 5.96 Å². The predicted molar refractivity (Wildman–Crippen MR) is 78.1 cm³/mol. The zero-order valence-electron chi connectivity index (χ0n) is 12.7. The van der Waals surface area contributed by atoms with Crippen molar-refractivity contribution in [2.45, 2.75) is 32.6 Å². The number of hydrogen-bond donors (Lipinski definition) is 2. The highest BCUT2D eigenvalue weighted by Gasteiger charge is 2.29. The van der Waals surface area contributed by atoms with Gasteiger partial charge in [0.05, 0.1) is 13.7 Å². The summed E-state index contributed by atoms with van der Waals surface area (Å²) in [5.74, 6) is 0.541. The maximum atomic E-state index is 12.2. The second-order valence-electron chi connectivity index (χ2n) is 4.89. The van der Waals surface area contributed by atoms with Crippen LogP contribution in [0.5, 0.6) is 11.5 Å². The van der Waals surface area contributed by atoms with Crippen LogP contribution in [-0.2, 0) is 6.54 Å². The van der Waals surface area contributed by atoms with Crippen molar-refractivity contribution in [1.82, 2.24) is 5.32 Å². The van der Waals surface area contributed by atoms with Crippen LogP contribution in [0, 0.1) is 0 Å². The third-order valence-electron chi connectivity index (χ3n) is 2.49. The van der Waals surface area contributed by atoms with Gasteiger partial charge in [-0.1, -0.05) is 6.07 Å². The van der Waals surface area contributed by atoms with Crippen molar-refractivity contribution in [1.29, 1.82) is 0 Å². The second kappa shape index (κ2) is 7.77. The van der Waals surface area contributed by atoms with Gasteiger partial charge >= 0.3 is 6.18 Å². The molecule has 22 heavy (non-hydrogen) atoms. The first kappa shape index (κ1) is 17.9. The van der Waals surface area contributed by atoms with E-state index in [0.717, 1.165) is 5.56 Å². The van der Waals surface area contributed by atoms with E-state index in [4.69, 9.17) is 15.2 Å². The summed E-state index contributed by atoms with van der Waals surface area (Å²) >= 11 is 0. The minimum Gasteiger partial charge on any atom is -0.493 e. The molecular weight excluding hydrogens is 299 g/mol. The van der Waals surface area contributed by atoms with Gasteiger partial charge in [0.25, 0.3) is 0 Å². The lowest BCUT2D eigenvalue weighted by atomic mass is 10.2. The Bertz CT molecular complexity index is 517. The third-order valence-corrected chi connectivity index (χ3v) is 2.49. The molecule has 0 saturated heterocycles. The SMILES string of the molecule is COc1cc(CN=C(N)NC(C)C)ccc1OCC(F)(F)F. The Labute approximate surface area is 127 Å². The minimum atomic E-state index is -4.40. The molecule has 0 heterocycles. The molecule has 8 heteroatoms. The fourth-order valence-electron chi connectivity index (χ4n) is 1.61. The van der Waals surface area contributed by atoms with E-state index in [1.54, 1.807) is 12.1 Å². The van der Waals surface area contributed by atoms with Gasteiger partial charge in [-0.05, 0) is 31.5 Å². The van der Waals surface area contributed by atoms with Gasteiger partial charge in [-0.3, -0.25) is 0 Å². The Morgan fingerprint density at radius 3 is 2.55 bits per heavy atom. The number of alkyl halides is 3. The highest BCUT2D eigenvalue weighted by atomic mass is 19.4. The average Bonchev–Trinajstić information content (AvgIpc) is 2.41. The quantitative estimate of drug-likeness (QED) is 0.624. The maximum absolute atomic E-state index is 12.2. The normalized spacial score (nSPS) is 12.4. The van der Waals surface area contributed by atoms with E-state index in [9.17, 15) is 13.2 Å². The lowest BCUT2D eigenvalue weighted by Gasteiger charge is -2.13. The van der Waals surface area contributed by atoms with E-state index in [2.05, 4.69) is 10.3 Å². The van der Waals surface area contributed by atoms with Crippen LogP contribution in [-0.4, -0.2) is 31.9 Å². The van der Waals surface area contributed by atoms with Gasteiger partial charge in [-0.15, -0.1) is 0 Å². The number of rotatable bonds is 6. The Morgan fingerprint density at radius 2 is 2.00 bits per heavy atom. The van der Waals surface area contributed by atoms with Crippen molar-refractivity contribution in [2.24, 2.45) is 10.7 Å². The van der Waals surface area contributed by atoms with E-state index >= 15 is 0 Å². The molecule has 0 atom stereocenters. The van der Waals surface area contributed by atoms with Gasteiger partial charge in [0.1, 0.15) is 0 Å². The molecule has 0 saturated carbocycles. The minimum absolute atomic E-state index is 0.0285. The Morgan fingerprint density at radius 1 is 1.32 bits per heavy atom. The highest BCUT2D eigenvalue weighted by molar-refractivity contribution is 5.78. The molecule has 0 unspecified atom stereocenters. The van der Waals surface area contributed by atoms with Gasteiger partial charge in [0.2, 0.25) is 0 Å². The van der Waals surface area contributed by atoms with Crippen LogP contribution >= 0.6 is 0 Å². The molecule has 5 nitrogen and oxygen atoms in total. The number of nitrogens with zero attached hydrogens (tertiary/aromatic N) is 1. The van der Waals surface area contributed by atoms with E-state index in [1.807, 2.05) is 13.8 Å². The number of methoxy groups -OCH3 is 1. The van der Waals surface area contributed by atoms with Crippen LogP contribution in [0.3, 0.4) is 0 Å². The van der Waals surface area contributed by atoms with Crippen molar-refractivity contribution in [3.8, 4) is 11.5 Å². The Kier molecular flexibility index (Phi) is 6.33. The fraction of sp³-hybridized carbons (Fsp3) is 0.500. The van der Waals surface area contributed by atoms with Gasteiger partial charge in [0, 0.05) is 6.04 Å². The molecule has 1 rings (SSSR count). The molecular formula is C14H20F3N3O2. The fourth-order valence-corrected chi connectivity index (χ4v) is 1.61. The zero-order chi connectivity index (χ0) is 16.8. The largest absolute Gasteiger partial charge is 0.493 e. The molecule has 0 radical (unpaired) electrons. The Hall–Kier alpha value is -2.12. The van der Waals surface area contributed by atoms with Gasteiger partial charge in [-0.25, -0.2) is 4.99 Å². The maximum Gasteiger partial charge on any atom is 0.422 e. The number of ether oxygens (including phenoxy) is 2. The first-order valence-electron chi connectivity index (χ1n) is 6.64. The summed E-state index contributed by atoms with van der Waals surface area (Å²) in [4.78, 5) is 4.13. The average molecular weight is 319 g/mol. The smallest absolute Gasteiger partial charge is 0.422 e. The number of halogens is 3. The van der Waals surface area contributed by atoms with Crippen LogP contribution in [0.2, 0.25) is 0 Å². The third kappa shape index (κ3) is 6.55. The number of aliphatic imine (C=N–C) groups is 1. The summed E-state index contributed by atoms with van der Waals surface area (Å²) in [7, 11) is 1.36. The topological polar surface area (TPSA) is 68.9 Å². The summed E-state index contributed by atoms with van der Waals surface area (Å²) in [5, 5.41) is 2.94. The van der Waals surface area contributed by atoms with Crippen LogP contribution < -0.4 is 20.5 Å². The Balaban J connectivity index is 2.76. The summed E-state index contributed by atoms with van der Waals surface area (Å²) in [6, 6.07) is 4.76. The summed E-state index contributed by atoms with van der Waals surface area (Å²) in [6.07, 6.45) is -4.40. The molecule has 124 valence electrons. The molecule has 1 aromatic carbocycles. The van der Waals surface area contributed by atoms with E-state index in [0.29, 0.717) is 5.96 Å². The number of benzene rings is 1. The van der Waals surface area contributed by atoms with E-state index in [-0.39, 0.29) is 24.1 Å². The molecule has 0 spiro atoms. The first-order valence-corrected chi connectivity index (χ1v) is 6.64. The predicted octanol–water partition coefficient (Wildman–Crippen LogP) is 2.45. The standard InChI is InChI=1S/C14H20F3N3O2/c1-9(2)20-13(18)19-7-10-4-5-11(12(6-10)21-3)22-8-14(15,16)17/h4-6,9H,7-8H2,1-3H3,(H3,18,19,20). The zero-order valence-corrected chi connectivity index (χ0v) is 12.7. The summed E-state index contributed by atoms with van der Waals surface area (Å²) in [5.41, 5.74) is 6.42. The summed E-state index contributed by atoms with van der Waals surface area (Å²) in [6.45, 7) is 2.77. The molecule has 0 aliphatic rings. The van der Waals surface area contributed by atoms with E-state index in [1.165, 1.54) is 13.2 Å². The monoisotopic (exact) mass is 319 g/mol. The number of hydrogen-bond acceptors (Lipinski definition) is 3. The molecule has 0 fully saturated rings. The van der Waals surface area contributed by atoms with Gasteiger partial charge < -0.3 is 20.5 Å². The second-order valence-corrected chi connectivity index (χ2v) is 4.89. The summed E-state index contributed by atoms with van der Waals surface area (Å²) < 4.78 is 46.2. The van der Waals surface area contributed by atoms with Crippen LogP contribution in [0.4, 0.5) is 13.2 Å². The molecule has 3 N–H and O–H groups in total. The molecule has 0 aliphatic heterocycles. The van der Waals surface area contributed by atoms with Crippen LogP contribution in [0.1, 0.15) is 19.4 Å². The highest BCUT2D eigenvalue weighted by Crippen LogP contribution is 2.30. The van der Waals surface area contributed by atoms with Crippen LogP contribution in [0.25, 0.3) is 0 Å². The van der Waals surface area contributed by atoms with Crippen LogP contribution in [0.15, 0.2) is 23.2 Å². The lowest BCUT2D eigenvalue weighted by Crippen LogP contribution is -2.36. The molecule has 0 bridgehead atoms. The van der Waals surface area contributed by atoms with Crippen molar-refractivity contribution < 1.29 is 22.6 Å². The molecule has 0 aliphatic carbocycles. The lowest BCUT2D eigenvalue weighted by molar-refractivity contribution is -0.153. The van der Waals surface area contributed by atoms with Gasteiger partial charge in [-0.2, -0.15) is 13.2 Å². The van der Waals surface area contributed by atoms with Crippen molar-refractivity contribution in [2.75, 3.05) is 13.7 Å². The number of nitrogens with two attached hydrogens (primary N) is 1. The van der Waals surface area contributed by atoms with Crippen molar-refractivity contribution in [3.63, 3.8) is 0 Å². The first-order chi connectivity index (χ1) is 10.2. The number of nitrogens with one attached hydrogen (secondary N) is 1. The van der Waals surface area contributed by atoms with Crippen molar-refractivity contribution in [3.05, 3.63) is 23.8 Å². The molecule has 0 aromatic heterocycles. The molecule has 1 aromatic rings. The van der Waals surface area contributed by atoms with Gasteiger partial charge in [0.15, 0.2) is 24.1 Å². The molecule has 0 amide bonds. The van der Waals surface area contributed by atoms with E-state index < -0.39 is 12.8 Å².